The second-order valence-electron chi connectivity index (χ2n) is 5.86. The number of ketones is 1. The summed E-state index contributed by atoms with van der Waals surface area (Å²) in [6.07, 6.45) is 1.47. The van der Waals surface area contributed by atoms with Gasteiger partial charge in [-0.25, -0.2) is 0 Å². The van der Waals surface area contributed by atoms with E-state index in [2.05, 4.69) is 0 Å². The van der Waals surface area contributed by atoms with Crippen LogP contribution in [0.25, 0.3) is 0 Å². The van der Waals surface area contributed by atoms with Crippen LogP contribution in [-0.2, 0) is 19.1 Å². The first-order chi connectivity index (χ1) is 8.27. The summed E-state index contributed by atoms with van der Waals surface area (Å²) in [5, 5.41) is 0. The van der Waals surface area contributed by atoms with Gasteiger partial charge in [-0.15, -0.1) is 0 Å². The zero-order valence-electron chi connectivity index (χ0n) is 12.0. The van der Waals surface area contributed by atoms with E-state index in [1.165, 1.54) is 0 Å². The number of carbonyl (C=O) groups excluding carboxylic acids is 2. The smallest absolute Gasteiger partial charge is 0.309 e. The van der Waals surface area contributed by atoms with Gasteiger partial charge in [-0.2, -0.15) is 0 Å². The van der Waals surface area contributed by atoms with Gasteiger partial charge in [0.1, 0.15) is 12.4 Å². The van der Waals surface area contributed by atoms with Crippen molar-refractivity contribution in [1.82, 2.24) is 0 Å². The highest BCUT2D eigenvalue weighted by molar-refractivity contribution is 5.85. The molecule has 0 spiro atoms. The minimum atomic E-state index is -0.433. The van der Waals surface area contributed by atoms with Gasteiger partial charge in [0.2, 0.25) is 0 Å². The van der Waals surface area contributed by atoms with Crippen LogP contribution in [0.5, 0.6) is 0 Å². The number of hydrogen-bond donors (Lipinski definition) is 0. The molecule has 1 aliphatic rings. The maximum Gasteiger partial charge on any atom is 0.309 e. The van der Waals surface area contributed by atoms with Gasteiger partial charge in [-0.05, 0) is 25.2 Å². The van der Waals surface area contributed by atoms with Crippen molar-refractivity contribution in [3.8, 4) is 0 Å². The molecule has 1 aliphatic carbocycles. The van der Waals surface area contributed by atoms with Gasteiger partial charge in [0.15, 0.2) is 0 Å². The van der Waals surface area contributed by atoms with E-state index in [4.69, 9.17) is 9.47 Å². The number of ether oxygens (including phenoxy) is 2. The van der Waals surface area contributed by atoms with Crippen molar-refractivity contribution in [2.45, 2.75) is 40.5 Å². The van der Waals surface area contributed by atoms with Crippen molar-refractivity contribution in [3.63, 3.8) is 0 Å². The molecule has 104 valence electrons. The lowest BCUT2D eigenvalue weighted by Crippen LogP contribution is -2.42. The number of hydrogen-bond acceptors (Lipinski definition) is 4. The van der Waals surface area contributed by atoms with Crippen LogP contribution in [0.1, 0.15) is 40.5 Å². The fourth-order valence-electron chi connectivity index (χ4n) is 2.87. The quantitative estimate of drug-likeness (QED) is 0.559. The Morgan fingerprint density at radius 1 is 1.22 bits per heavy atom. The van der Waals surface area contributed by atoms with E-state index in [1.807, 2.05) is 20.8 Å². The SMILES string of the molecule is COCCOC(=O)C1CCC(C)(C(C)=O)C1(C)C. The number of methoxy groups -OCH3 is 1. The largest absolute Gasteiger partial charge is 0.463 e. The van der Waals surface area contributed by atoms with Crippen molar-refractivity contribution >= 4 is 11.8 Å². The zero-order valence-corrected chi connectivity index (χ0v) is 12.0. The Kier molecular flexibility index (Phi) is 4.54. The Morgan fingerprint density at radius 2 is 1.83 bits per heavy atom. The van der Waals surface area contributed by atoms with Gasteiger partial charge in [-0.1, -0.05) is 20.8 Å². The van der Waals surface area contributed by atoms with Crippen LogP contribution in [0.4, 0.5) is 0 Å². The Hall–Kier alpha value is -0.900. The summed E-state index contributed by atoms with van der Waals surface area (Å²) in [5.74, 6) is -0.259. The highest BCUT2D eigenvalue weighted by atomic mass is 16.6. The lowest BCUT2D eigenvalue weighted by atomic mass is 9.64. The summed E-state index contributed by atoms with van der Waals surface area (Å²) in [7, 11) is 1.57. The molecule has 0 aromatic rings. The number of esters is 1. The molecule has 2 atom stereocenters. The summed E-state index contributed by atoms with van der Waals surface area (Å²) < 4.78 is 10.1. The molecule has 0 N–H and O–H groups in total. The fraction of sp³-hybridized carbons (Fsp3) is 0.857. The monoisotopic (exact) mass is 256 g/mol. The maximum absolute atomic E-state index is 12.1. The summed E-state index contributed by atoms with van der Waals surface area (Å²) >= 11 is 0. The van der Waals surface area contributed by atoms with E-state index in [0.717, 1.165) is 12.8 Å². The van der Waals surface area contributed by atoms with Crippen LogP contribution in [-0.4, -0.2) is 32.1 Å². The Morgan fingerprint density at radius 3 is 2.28 bits per heavy atom. The maximum atomic E-state index is 12.1. The Labute approximate surface area is 109 Å². The normalized spacial score (nSPS) is 30.2. The lowest BCUT2D eigenvalue weighted by Gasteiger charge is -2.38. The molecular formula is C14H24O4. The molecule has 1 fully saturated rings. The second-order valence-corrected chi connectivity index (χ2v) is 5.86. The van der Waals surface area contributed by atoms with Gasteiger partial charge in [0.05, 0.1) is 12.5 Å². The molecule has 4 nitrogen and oxygen atoms in total. The van der Waals surface area contributed by atoms with Crippen LogP contribution >= 0.6 is 0 Å². The summed E-state index contributed by atoms with van der Waals surface area (Å²) in [5.41, 5.74) is -0.791. The molecule has 0 bridgehead atoms. The predicted octanol–water partition coefficient (Wildman–Crippen LogP) is 2.21. The molecule has 0 heterocycles. The first-order valence-electron chi connectivity index (χ1n) is 6.44. The molecule has 2 unspecified atom stereocenters. The van der Waals surface area contributed by atoms with Crippen molar-refractivity contribution in [2.24, 2.45) is 16.7 Å². The van der Waals surface area contributed by atoms with Gasteiger partial charge >= 0.3 is 5.97 Å². The average Bonchev–Trinajstić information content (AvgIpc) is 2.52. The van der Waals surface area contributed by atoms with Crippen LogP contribution in [0, 0.1) is 16.7 Å². The summed E-state index contributed by atoms with van der Waals surface area (Å²) in [4.78, 5) is 23.9. The molecule has 0 aromatic heterocycles. The molecule has 18 heavy (non-hydrogen) atoms. The van der Waals surface area contributed by atoms with E-state index in [9.17, 15) is 9.59 Å². The standard InChI is InChI=1S/C14H24O4/c1-10(15)14(4)7-6-11(13(14,2)3)12(16)18-9-8-17-5/h11H,6-9H2,1-5H3. The fourth-order valence-corrected chi connectivity index (χ4v) is 2.87. The lowest BCUT2D eigenvalue weighted by molar-refractivity contribution is -0.155. The minimum absolute atomic E-state index is 0.152. The Bertz CT molecular complexity index is 335. The van der Waals surface area contributed by atoms with Gasteiger partial charge in [0, 0.05) is 12.5 Å². The molecule has 0 amide bonds. The zero-order chi connectivity index (χ0) is 14.0. The van der Waals surface area contributed by atoms with Gasteiger partial charge < -0.3 is 9.47 Å². The third-order valence-corrected chi connectivity index (χ3v) is 4.82. The van der Waals surface area contributed by atoms with E-state index < -0.39 is 5.41 Å². The first-order valence-corrected chi connectivity index (χ1v) is 6.44. The van der Waals surface area contributed by atoms with E-state index >= 15 is 0 Å². The van der Waals surface area contributed by atoms with E-state index in [-0.39, 0.29) is 29.7 Å². The average molecular weight is 256 g/mol. The van der Waals surface area contributed by atoms with Gasteiger partial charge in [0.25, 0.3) is 0 Å². The molecular weight excluding hydrogens is 232 g/mol. The third kappa shape index (κ3) is 2.44. The molecule has 0 saturated heterocycles. The summed E-state index contributed by atoms with van der Waals surface area (Å²) in [6, 6.07) is 0. The summed E-state index contributed by atoms with van der Waals surface area (Å²) in [6.45, 7) is 8.23. The number of Topliss-reactive ketones (excluding diaryl/α,β-unsaturated/α-hetero) is 1. The predicted molar refractivity (Wildman–Crippen MR) is 68.1 cm³/mol. The number of carbonyl (C=O) groups is 2. The molecule has 0 radical (unpaired) electrons. The molecule has 1 rings (SSSR count). The molecule has 0 aliphatic heterocycles. The van der Waals surface area contributed by atoms with Crippen LogP contribution in [0.3, 0.4) is 0 Å². The highest BCUT2D eigenvalue weighted by Crippen LogP contribution is 2.56. The number of rotatable bonds is 5. The minimum Gasteiger partial charge on any atom is -0.463 e. The van der Waals surface area contributed by atoms with Crippen molar-refractivity contribution < 1.29 is 19.1 Å². The molecule has 4 heteroatoms. The molecule has 0 aromatic carbocycles. The van der Waals surface area contributed by atoms with Crippen LogP contribution in [0.15, 0.2) is 0 Å². The van der Waals surface area contributed by atoms with Crippen LogP contribution in [0.2, 0.25) is 0 Å². The molecule has 1 saturated carbocycles. The highest BCUT2D eigenvalue weighted by Gasteiger charge is 2.57. The van der Waals surface area contributed by atoms with Crippen molar-refractivity contribution in [1.29, 1.82) is 0 Å². The first kappa shape index (κ1) is 15.2. The third-order valence-electron chi connectivity index (χ3n) is 4.82. The van der Waals surface area contributed by atoms with E-state index in [0.29, 0.717) is 6.61 Å². The topological polar surface area (TPSA) is 52.6 Å². The van der Waals surface area contributed by atoms with Crippen LogP contribution < -0.4 is 0 Å². The Balaban J connectivity index is 2.75. The van der Waals surface area contributed by atoms with Crippen molar-refractivity contribution in [3.05, 3.63) is 0 Å². The van der Waals surface area contributed by atoms with E-state index in [1.54, 1.807) is 14.0 Å². The second kappa shape index (κ2) is 5.39. The van der Waals surface area contributed by atoms with Gasteiger partial charge in [-0.3, -0.25) is 9.59 Å². The van der Waals surface area contributed by atoms with Crippen molar-refractivity contribution in [2.75, 3.05) is 20.3 Å².